The molecule has 0 aliphatic heterocycles. The Kier molecular flexibility index (Phi) is 3.03. The Morgan fingerprint density at radius 2 is 1.95 bits per heavy atom. The van der Waals surface area contributed by atoms with Crippen molar-refractivity contribution in [2.45, 2.75) is 25.4 Å². The fourth-order valence-corrected chi connectivity index (χ4v) is 2.77. The van der Waals surface area contributed by atoms with Crippen molar-refractivity contribution in [3.05, 3.63) is 58.7 Å². The summed E-state index contributed by atoms with van der Waals surface area (Å²) >= 11 is 0. The van der Waals surface area contributed by atoms with Crippen LogP contribution < -0.4 is 0 Å². The average molecular weight is 274 g/mol. The van der Waals surface area contributed by atoms with E-state index in [9.17, 15) is 13.9 Å². The highest BCUT2D eigenvalue weighted by Crippen LogP contribution is 2.39. The number of fused-ring (bicyclic) bond motifs is 1. The van der Waals surface area contributed by atoms with Crippen LogP contribution >= 0.6 is 0 Å². The minimum Gasteiger partial charge on any atom is -0.390 e. The second-order valence-electron chi connectivity index (χ2n) is 4.89. The molecule has 0 saturated heterocycles. The molecule has 1 unspecified atom stereocenters. The molecule has 3 nitrogen and oxygen atoms in total. The summed E-state index contributed by atoms with van der Waals surface area (Å²) in [7, 11) is 0. The maximum absolute atomic E-state index is 13.3. The van der Waals surface area contributed by atoms with E-state index in [1.54, 1.807) is 10.8 Å². The highest BCUT2D eigenvalue weighted by molar-refractivity contribution is 5.59. The van der Waals surface area contributed by atoms with Gasteiger partial charge in [-0.1, -0.05) is 0 Å². The summed E-state index contributed by atoms with van der Waals surface area (Å²) in [5.74, 6) is -1.33. The molecule has 1 N–H and O–H groups in total. The molecule has 1 aromatic heterocycles. The van der Waals surface area contributed by atoms with Crippen molar-refractivity contribution in [2.24, 2.45) is 0 Å². The van der Waals surface area contributed by atoms with E-state index in [0.717, 1.165) is 18.2 Å². The van der Waals surface area contributed by atoms with Gasteiger partial charge in [0.2, 0.25) is 5.69 Å². The van der Waals surface area contributed by atoms with E-state index in [2.05, 4.69) is 4.85 Å². The topological polar surface area (TPSA) is 29.5 Å². The molecule has 0 bridgehead atoms. The van der Waals surface area contributed by atoms with Gasteiger partial charge in [0.15, 0.2) is 0 Å². The Morgan fingerprint density at radius 3 is 2.60 bits per heavy atom. The average Bonchev–Trinajstić information content (AvgIpc) is 2.78. The van der Waals surface area contributed by atoms with Gasteiger partial charge in [0, 0.05) is 29.2 Å². The van der Waals surface area contributed by atoms with Crippen LogP contribution in [-0.4, -0.2) is 9.67 Å². The first kappa shape index (κ1) is 12.8. The predicted octanol–water partition coefficient (Wildman–Crippen LogP) is 3.68. The number of benzene rings is 1. The zero-order valence-corrected chi connectivity index (χ0v) is 10.6. The monoisotopic (exact) mass is 274 g/mol. The van der Waals surface area contributed by atoms with Crippen LogP contribution in [0.5, 0.6) is 0 Å². The van der Waals surface area contributed by atoms with Crippen molar-refractivity contribution in [1.29, 1.82) is 0 Å². The molecule has 5 heteroatoms. The largest absolute Gasteiger partial charge is 0.390 e. The number of halogens is 2. The number of hydrogen-bond acceptors (Lipinski definition) is 1. The van der Waals surface area contributed by atoms with E-state index in [-0.39, 0.29) is 0 Å². The molecular formula is C15H12F2N2O. The smallest absolute Gasteiger partial charge is 0.210 e. The lowest BCUT2D eigenvalue weighted by atomic mass is 9.94. The summed E-state index contributed by atoms with van der Waals surface area (Å²) in [4.78, 5) is 3.41. The van der Waals surface area contributed by atoms with Gasteiger partial charge in [-0.3, -0.25) is 0 Å². The molecular weight excluding hydrogens is 262 g/mol. The molecule has 0 radical (unpaired) electrons. The van der Waals surface area contributed by atoms with Gasteiger partial charge in [-0.25, -0.2) is 13.6 Å². The van der Waals surface area contributed by atoms with Crippen LogP contribution in [0.15, 0.2) is 24.4 Å². The molecule has 0 amide bonds. The van der Waals surface area contributed by atoms with Crippen molar-refractivity contribution >= 4 is 5.69 Å². The van der Waals surface area contributed by atoms with Gasteiger partial charge in [0.25, 0.3) is 0 Å². The van der Waals surface area contributed by atoms with Crippen LogP contribution in [0, 0.1) is 18.2 Å². The van der Waals surface area contributed by atoms with Gasteiger partial charge in [0.05, 0.1) is 12.7 Å². The molecule has 3 rings (SSSR count). The summed E-state index contributed by atoms with van der Waals surface area (Å²) in [5, 5.41) is 10.0. The first-order valence-electron chi connectivity index (χ1n) is 6.36. The normalized spacial score (nSPS) is 17.6. The zero-order chi connectivity index (χ0) is 14.3. The standard InChI is InChI=1S/C15H12F2N2O/c1-18-12-8-19(11-6-9(16)5-10(17)7-11)13-3-2-4-14(20)15(12)13/h5-8,14,20H,2-4H2. The highest BCUT2D eigenvalue weighted by atomic mass is 19.1. The molecule has 1 aromatic carbocycles. The molecule has 2 aromatic rings. The molecule has 20 heavy (non-hydrogen) atoms. The summed E-state index contributed by atoms with van der Waals surface area (Å²) in [6.45, 7) is 7.19. The summed E-state index contributed by atoms with van der Waals surface area (Å²) in [6, 6.07) is 3.25. The minimum absolute atomic E-state index is 0.336. The fourth-order valence-electron chi connectivity index (χ4n) is 2.77. The molecule has 102 valence electrons. The minimum atomic E-state index is -0.678. The Morgan fingerprint density at radius 1 is 1.25 bits per heavy atom. The first-order valence-corrected chi connectivity index (χ1v) is 6.36. The lowest BCUT2D eigenvalue weighted by molar-refractivity contribution is 0.157. The maximum Gasteiger partial charge on any atom is 0.210 e. The van der Waals surface area contributed by atoms with Gasteiger partial charge in [-0.15, -0.1) is 0 Å². The third kappa shape index (κ3) is 1.98. The van der Waals surface area contributed by atoms with Crippen LogP contribution in [0.25, 0.3) is 10.5 Å². The SMILES string of the molecule is [C-]#[N+]c1cn(-c2cc(F)cc(F)c2)c2c1C(O)CCC2. The van der Waals surface area contributed by atoms with E-state index >= 15 is 0 Å². The molecule has 1 atom stereocenters. The number of aromatic nitrogens is 1. The van der Waals surface area contributed by atoms with Gasteiger partial charge in [0.1, 0.15) is 11.6 Å². The van der Waals surface area contributed by atoms with Gasteiger partial charge < -0.3 is 9.67 Å². The Hall–Kier alpha value is -2.19. The number of aliphatic hydroxyl groups excluding tert-OH is 1. The first-order chi connectivity index (χ1) is 9.60. The highest BCUT2D eigenvalue weighted by Gasteiger charge is 2.26. The van der Waals surface area contributed by atoms with Crippen LogP contribution in [0.1, 0.15) is 30.2 Å². The van der Waals surface area contributed by atoms with Crippen molar-refractivity contribution in [3.63, 3.8) is 0 Å². The summed E-state index contributed by atoms with van der Waals surface area (Å²) < 4.78 is 28.3. The van der Waals surface area contributed by atoms with E-state index < -0.39 is 17.7 Å². The maximum atomic E-state index is 13.3. The molecule has 0 spiro atoms. The Labute approximate surface area is 114 Å². The third-order valence-electron chi connectivity index (χ3n) is 3.60. The Balaban J connectivity index is 2.22. The number of rotatable bonds is 1. The van der Waals surface area contributed by atoms with Crippen LogP contribution in [0.4, 0.5) is 14.5 Å². The molecule has 0 saturated carbocycles. The van der Waals surface area contributed by atoms with E-state index in [1.165, 1.54) is 12.1 Å². The van der Waals surface area contributed by atoms with Crippen molar-refractivity contribution in [2.75, 3.05) is 0 Å². The molecule has 0 fully saturated rings. The Bertz CT molecular complexity index is 695. The van der Waals surface area contributed by atoms with Gasteiger partial charge in [-0.2, -0.15) is 0 Å². The summed E-state index contributed by atoms with van der Waals surface area (Å²) in [5.41, 5.74) is 2.04. The van der Waals surface area contributed by atoms with Crippen LogP contribution in [0.2, 0.25) is 0 Å². The van der Waals surface area contributed by atoms with Gasteiger partial charge in [-0.05, 0) is 31.4 Å². The number of hydrogen-bond donors (Lipinski definition) is 1. The zero-order valence-electron chi connectivity index (χ0n) is 10.6. The number of nitrogens with zero attached hydrogens (tertiary/aromatic N) is 2. The van der Waals surface area contributed by atoms with Crippen LogP contribution in [0.3, 0.4) is 0 Å². The quantitative estimate of drug-likeness (QED) is 0.790. The number of aliphatic hydroxyl groups is 1. The second-order valence-corrected chi connectivity index (χ2v) is 4.89. The molecule has 1 aliphatic rings. The van der Waals surface area contributed by atoms with E-state index in [4.69, 9.17) is 6.57 Å². The summed E-state index contributed by atoms with van der Waals surface area (Å²) in [6.07, 6.45) is 2.94. The van der Waals surface area contributed by atoms with Crippen molar-refractivity contribution in [1.82, 2.24) is 4.57 Å². The van der Waals surface area contributed by atoms with E-state index in [0.29, 0.717) is 29.8 Å². The van der Waals surface area contributed by atoms with Gasteiger partial charge >= 0.3 is 0 Å². The predicted molar refractivity (Wildman–Crippen MR) is 69.8 cm³/mol. The fraction of sp³-hybridized carbons (Fsp3) is 0.267. The molecule has 1 aliphatic carbocycles. The van der Waals surface area contributed by atoms with Crippen molar-refractivity contribution < 1.29 is 13.9 Å². The lowest BCUT2D eigenvalue weighted by Gasteiger charge is -2.21. The van der Waals surface area contributed by atoms with Crippen molar-refractivity contribution in [3.8, 4) is 5.69 Å². The second kappa shape index (κ2) is 4.73. The van der Waals surface area contributed by atoms with Crippen LogP contribution in [-0.2, 0) is 6.42 Å². The molecule has 1 heterocycles. The third-order valence-corrected chi connectivity index (χ3v) is 3.60. The van der Waals surface area contributed by atoms with E-state index in [1.807, 2.05) is 0 Å². The lowest BCUT2D eigenvalue weighted by Crippen LogP contribution is -2.11.